The molecule has 0 bridgehead atoms. The standard InChI is InChI=1S/C29H30ClN3O4S/c30-26-9-5-4-8-25(26)20-12-16-24(17-13-20)38(36,37)32-23-14-10-22(11-15-23)29(35)33-19-28(34)31-18-27(33)21-6-2-1-3-7-21/h1-9,12-13,16-17,22-23,27,32H,10-11,14-15,18-19H2,(H,31,34)/t22?,23?,27-/m1/s1. The van der Waals surface area contributed by atoms with Gasteiger partial charge in [-0.05, 0) is 55.0 Å². The molecule has 0 spiro atoms. The van der Waals surface area contributed by atoms with Gasteiger partial charge in [-0.15, -0.1) is 0 Å². The van der Waals surface area contributed by atoms with Gasteiger partial charge >= 0.3 is 0 Å². The van der Waals surface area contributed by atoms with Crippen LogP contribution in [0, 0.1) is 5.92 Å². The number of halogens is 1. The zero-order chi connectivity index (χ0) is 26.7. The summed E-state index contributed by atoms with van der Waals surface area (Å²) in [6, 6.07) is 23.4. The van der Waals surface area contributed by atoms with Crippen LogP contribution in [0.2, 0.25) is 5.02 Å². The highest BCUT2D eigenvalue weighted by Gasteiger charge is 2.37. The zero-order valence-corrected chi connectivity index (χ0v) is 22.4. The second-order valence-electron chi connectivity index (χ2n) is 9.87. The lowest BCUT2D eigenvalue weighted by Gasteiger charge is -2.39. The molecule has 38 heavy (non-hydrogen) atoms. The normalized spacial score (nSPS) is 22.1. The molecular weight excluding hydrogens is 522 g/mol. The number of rotatable bonds is 6. The molecule has 0 aromatic heterocycles. The van der Waals surface area contributed by atoms with E-state index >= 15 is 0 Å². The first-order chi connectivity index (χ1) is 18.3. The average Bonchev–Trinajstić information content (AvgIpc) is 2.94. The van der Waals surface area contributed by atoms with Gasteiger partial charge in [0.15, 0.2) is 0 Å². The predicted molar refractivity (Wildman–Crippen MR) is 147 cm³/mol. The Morgan fingerprint density at radius 2 is 1.55 bits per heavy atom. The van der Waals surface area contributed by atoms with E-state index in [0.717, 1.165) is 16.7 Å². The minimum Gasteiger partial charge on any atom is -0.352 e. The SMILES string of the molecule is O=C1CN(C(=O)C2CCC(NS(=O)(=O)c3ccc(-c4ccccc4Cl)cc3)CC2)[C@@H](c2ccccc2)CN1. The number of nitrogens with zero attached hydrogens (tertiary/aromatic N) is 1. The fourth-order valence-corrected chi connectivity index (χ4v) is 6.89. The summed E-state index contributed by atoms with van der Waals surface area (Å²) >= 11 is 6.27. The molecule has 3 aromatic carbocycles. The first-order valence-corrected chi connectivity index (χ1v) is 14.7. The molecule has 198 valence electrons. The van der Waals surface area contributed by atoms with Crippen molar-refractivity contribution in [3.63, 3.8) is 0 Å². The summed E-state index contributed by atoms with van der Waals surface area (Å²) in [5.74, 6) is -0.430. The summed E-state index contributed by atoms with van der Waals surface area (Å²) in [7, 11) is -3.71. The first-order valence-electron chi connectivity index (χ1n) is 12.8. The Balaban J connectivity index is 1.21. The van der Waals surface area contributed by atoms with Crippen LogP contribution < -0.4 is 10.0 Å². The van der Waals surface area contributed by atoms with Crippen molar-refractivity contribution >= 4 is 33.4 Å². The Kier molecular flexibility index (Phi) is 7.83. The fraction of sp³-hybridized carbons (Fsp3) is 0.310. The summed E-state index contributed by atoms with van der Waals surface area (Å²) in [5, 5.41) is 3.47. The van der Waals surface area contributed by atoms with Crippen molar-refractivity contribution < 1.29 is 18.0 Å². The first kappa shape index (κ1) is 26.4. The van der Waals surface area contributed by atoms with Gasteiger partial charge in [0, 0.05) is 29.1 Å². The smallest absolute Gasteiger partial charge is 0.240 e. The predicted octanol–water partition coefficient (Wildman–Crippen LogP) is 4.54. The topological polar surface area (TPSA) is 95.6 Å². The van der Waals surface area contributed by atoms with Crippen LogP contribution in [-0.4, -0.2) is 44.3 Å². The Morgan fingerprint density at radius 3 is 2.24 bits per heavy atom. The lowest BCUT2D eigenvalue weighted by atomic mass is 9.85. The van der Waals surface area contributed by atoms with Crippen LogP contribution in [0.3, 0.4) is 0 Å². The van der Waals surface area contributed by atoms with Crippen molar-refractivity contribution in [2.45, 2.75) is 42.7 Å². The number of hydrogen-bond donors (Lipinski definition) is 2. The summed E-state index contributed by atoms with van der Waals surface area (Å²) in [4.78, 5) is 27.5. The molecule has 1 atom stereocenters. The highest BCUT2D eigenvalue weighted by atomic mass is 35.5. The van der Waals surface area contributed by atoms with E-state index in [-0.39, 0.29) is 41.3 Å². The number of amides is 2. The number of carbonyl (C=O) groups excluding carboxylic acids is 2. The number of piperazine rings is 1. The lowest BCUT2D eigenvalue weighted by molar-refractivity contribution is -0.145. The average molecular weight is 552 g/mol. The number of carbonyl (C=O) groups is 2. The third kappa shape index (κ3) is 5.77. The summed E-state index contributed by atoms with van der Waals surface area (Å²) in [6.07, 6.45) is 2.25. The summed E-state index contributed by atoms with van der Waals surface area (Å²) in [5.41, 5.74) is 2.67. The maximum Gasteiger partial charge on any atom is 0.240 e. The number of benzene rings is 3. The van der Waals surface area contributed by atoms with Gasteiger partial charge in [0.1, 0.15) is 6.54 Å². The molecule has 1 heterocycles. The van der Waals surface area contributed by atoms with Gasteiger partial charge in [-0.2, -0.15) is 0 Å². The van der Waals surface area contributed by atoms with E-state index in [1.165, 1.54) is 0 Å². The Labute approximate surface area is 228 Å². The van der Waals surface area contributed by atoms with E-state index in [9.17, 15) is 18.0 Å². The van der Waals surface area contributed by atoms with E-state index in [1.807, 2.05) is 48.5 Å². The van der Waals surface area contributed by atoms with Crippen LogP contribution in [0.4, 0.5) is 0 Å². The third-order valence-electron chi connectivity index (χ3n) is 7.40. The van der Waals surface area contributed by atoms with E-state index in [2.05, 4.69) is 10.0 Å². The Bertz CT molecular complexity index is 1410. The van der Waals surface area contributed by atoms with E-state index in [1.54, 1.807) is 35.2 Å². The van der Waals surface area contributed by atoms with Crippen LogP contribution in [0.5, 0.6) is 0 Å². The van der Waals surface area contributed by atoms with E-state index in [4.69, 9.17) is 11.6 Å². The molecule has 2 aliphatic rings. The van der Waals surface area contributed by atoms with Crippen molar-refractivity contribution in [2.24, 2.45) is 5.92 Å². The van der Waals surface area contributed by atoms with Gasteiger partial charge < -0.3 is 10.2 Å². The molecule has 5 rings (SSSR count). The Morgan fingerprint density at radius 1 is 0.895 bits per heavy atom. The van der Waals surface area contributed by atoms with E-state index in [0.29, 0.717) is 37.3 Å². The molecule has 0 radical (unpaired) electrons. The van der Waals surface area contributed by atoms with Crippen LogP contribution in [0.15, 0.2) is 83.8 Å². The van der Waals surface area contributed by atoms with Crippen molar-refractivity contribution in [3.8, 4) is 11.1 Å². The van der Waals surface area contributed by atoms with Gasteiger partial charge in [0.25, 0.3) is 0 Å². The van der Waals surface area contributed by atoms with Crippen LogP contribution in [-0.2, 0) is 19.6 Å². The van der Waals surface area contributed by atoms with Crippen LogP contribution in [0.25, 0.3) is 11.1 Å². The quantitative estimate of drug-likeness (QED) is 0.470. The molecule has 7 nitrogen and oxygen atoms in total. The molecule has 1 saturated carbocycles. The van der Waals surface area contributed by atoms with Crippen molar-refractivity contribution in [3.05, 3.63) is 89.4 Å². The van der Waals surface area contributed by atoms with Gasteiger partial charge in [0.2, 0.25) is 21.8 Å². The minimum atomic E-state index is -3.71. The molecule has 2 amide bonds. The maximum atomic E-state index is 13.5. The van der Waals surface area contributed by atoms with Crippen molar-refractivity contribution in [1.82, 2.24) is 14.9 Å². The van der Waals surface area contributed by atoms with Crippen molar-refractivity contribution in [1.29, 1.82) is 0 Å². The maximum absolute atomic E-state index is 13.5. The van der Waals surface area contributed by atoms with Crippen LogP contribution >= 0.6 is 11.6 Å². The van der Waals surface area contributed by atoms with Gasteiger partial charge in [-0.3, -0.25) is 9.59 Å². The van der Waals surface area contributed by atoms with Gasteiger partial charge in [-0.25, -0.2) is 13.1 Å². The molecule has 1 aliphatic heterocycles. The van der Waals surface area contributed by atoms with Gasteiger partial charge in [-0.1, -0.05) is 72.3 Å². The minimum absolute atomic E-state index is 0.0368. The number of hydrogen-bond acceptors (Lipinski definition) is 4. The monoisotopic (exact) mass is 551 g/mol. The molecule has 2 fully saturated rings. The third-order valence-corrected chi connectivity index (χ3v) is 9.26. The lowest BCUT2D eigenvalue weighted by Crippen LogP contribution is -2.54. The van der Waals surface area contributed by atoms with Gasteiger partial charge in [0.05, 0.1) is 10.9 Å². The molecule has 3 aromatic rings. The highest BCUT2D eigenvalue weighted by Crippen LogP contribution is 2.32. The number of nitrogens with one attached hydrogen (secondary N) is 2. The van der Waals surface area contributed by atoms with E-state index < -0.39 is 10.0 Å². The Hall–Kier alpha value is -3.20. The molecule has 1 saturated heterocycles. The largest absolute Gasteiger partial charge is 0.352 e. The second kappa shape index (κ2) is 11.3. The molecule has 2 N–H and O–H groups in total. The number of sulfonamides is 1. The molecule has 1 aliphatic carbocycles. The fourth-order valence-electron chi connectivity index (χ4n) is 5.34. The summed E-state index contributed by atoms with van der Waals surface area (Å²) in [6.45, 7) is 0.425. The molecule has 9 heteroatoms. The van der Waals surface area contributed by atoms with Crippen LogP contribution in [0.1, 0.15) is 37.3 Å². The second-order valence-corrected chi connectivity index (χ2v) is 12.0. The van der Waals surface area contributed by atoms with Crippen molar-refractivity contribution in [2.75, 3.05) is 13.1 Å². The zero-order valence-electron chi connectivity index (χ0n) is 20.8. The summed E-state index contributed by atoms with van der Waals surface area (Å²) < 4.78 is 28.9. The molecular formula is C29H30ClN3O4S. The highest BCUT2D eigenvalue weighted by molar-refractivity contribution is 7.89. The molecule has 0 unspecified atom stereocenters.